The van der Waals surface area contributed by atoms with Crippen LogP contribution in [0.25, 0.3) is 10.9 Å². The molecule has 1 N–H and O–H groups in total. The second-order valence-electron chi connectivity index (χ2n) is 5.27. The molecule has 100 valence electrons. The molecule has 20 heavy (non-hydrogen) atoms. The average molecular weight is 265 g/mol. The Morgan fingerprint density at radius 1 is 1.30 bits per heavy atom. The maximum Gasteiger partial charge on any atom is 0.244 e. The number of rotatable bonds is 2. The van der Waals surface area contributed by atoms with Crippen LogP contribution in [0.5, 0.6) is 0 Å². The van der Waals surface area contributed by atoms with Crippen LogP contribution >= 0.6 is 0 Å². The fourth-order valence-corrected chi connectivity index (χ4v) is 2.77. The van der Waals surface area contributed by atoms with Gasteiger partial charge in [-0.15, -0.1) is 0 Å². The lowest BCUT2D eigenvalue weighted by Gasteiger charge is -2.19. The highest BCUT2D eigenvalue weighted by Gasteiger charge is 2.41. The zero-order chi connectivity index (χ0) is 14.0. The molecule has 0 atom stereocenters. The normalized spacial score (nSPS) is 16.8. The van der Waals surface area contributed by atoms with Crippen molar-refractivity contribution in [2.24, 2.45) is 5.41 Å². The van der Waals surface area contributed by atoms with Crippen LogP contribution in [0, 0.1) is 16.7 Å². The minimum absolute atomic E-state index is 0.180. The van der Waals surface area contributed by atoms with Crippen LogP contribution in [0.2, 0.25) is 0 Å². The summed E-state index contributed by atoms with van der Waals surface area (Å²) in [4.78, 5) is 16.6. The largest absolute Gasteiger partial charge is 0.325 e. The first-order valence-corrected chi connectivity index (χ1v) is 6.81. The molecule has 1 heterocycles. The van der Waals surface area contributed by atoms with Crippen molar-refractivity contribution in [1.29, 1.82) is 5.26 Å². The van der Waals surface area contributed by atoms with E-state index < -0.39 is 5.41 Å². The fraction of sp³-hybridized carbons (Fsp3) is 0.312. The zero-order valence-electron chi connectivity index (χ0n) is 11.1. The summed E-state index contributed by atoms with van der Waals surface area (Å²) in [5.74, 6) is -0.180. The third kappa shape index (κ3) is 2.12. The Kier molecular flexibility index (Phi) is 3.11. The summed E-state index contributed by atoms with van der Waals surface area (Å²) in [5.41, 5.74) is 0.766. The van der Waals surface area contributed by atoms with E-state index in [1.165, 1.54) is 0 Å². The minimum atomic E-state index is -0.843. The van der Waals surface area contributed by atoms with Gasteiger partial charge in [0.2, 0.25) is 5.91 Å². The summed E-state index contributed by atoms with van der Waals surface area (Å²) in [7, 11) is 0. The average Bonchev–Trinajstić information content (AvgIpc) is 2.97. The van der Waals surface area contributed by atoms with Gasteiger partial charge in [-0.1, -0.05) is 18.9 Å². The molecule has 1 amide bonds. The molecule has 0 spiro atoms. The first-order chi connectivity index (χ1) is 9.73. The number of fused-ring (bicyclic) bond motifs is 1. The number of hydrogen-bond donors (Lipinski definition) is 1. The third-order valence-corrected chi connectivity index (χ3v) is 3.97. The molecule has 1 aromatic carbocycles. The maximum atomic E-state index is 12.4. The summed E-state index contributed by atoms with van der Waals surface area (Å²) >= 11 is 0. The third-order valence-electron chi connectivity index (χ3n) is 3.97. The number of hydrogen-bond acceptors (Lipinski definition) is 3. The van der Waals surface area contributed by atoms with Crippen LogP contribution in [-0.4, -0.2) is 10.9 Å². The van der Waals surface area contributed by atoms with Crippen molar-refractivity contribution in [3.8, 4) is 6.07 Å². The lowest BCUT2D eigenvalue weighted by atomic mass is 9.87. The van der Waals surface area contributed by atoms with Crippen molar-refractivity contribution >= 4 is 22.5 Å². The summed E-state index contributed by atoms with van der Waals surface area (Å²) in [5, 5.41) is 13.2. The number of nitrogens with one attached hydrogen (secondary N) is 1. The first-order valence-electron chi connectivity index (χ1n) is 6.81. The number of nitriles is 1. The van der Waals surface area contributed by atoms with Crippen molar-refractivity contribution in [2.75, 3.05) is 5.32 Å². The highest BCUT2D eigenvalue weighted by molar-refractivity contribution is 5.98. The number of carbonyl (C=O) groups is 1. The molecular formula is C16H15N3O. The molecule has 2 aromatic rings. The zero-order valence-corrected chi connectivity index (χ0v) is 11.1. The van der Waals surface area contributed by atoms with Gasteiger partial charge in [0.05, 0.1) is 11.6 Å². The van der Waals surface area contributed by atoms with E-state index in [1.807, 2.05) is 30.3 Å². The molecule has 0 unspecified atom stereocenters. The van der Waals surface area contributed by atoms with Gasteiger partial charge < -0.3 is 5.32 Å². The van der Waals surface area contributed by atoms with Gasteiger partial charge in [0.1, 0.15) is 5.41 Å². The summed E-state index contributed by atoms with van der Waals surface area (Å²) < 4.78 is 0. The molecule has 1 saturated carbocycles. The van der Waals surface area contributed by atoms with E-state index in [4.69, 9.17) is 0 Å². The van der Waals surface area contributed by atoms with Crippen molar-refractivity contribution in [1.82, 2.24) is 4.98 Å². The smallest absolute Gasteiger partial charge is 0.244 e. The van der Waals surface area contributed by atoms with Crippen LogP contribution in [0.15, 0.2) is 36.5 Å². The fourth-order valence-electron chi connectivity index (χ4n) is 2.77. The van der Waals surface area contributed by atoms with E-state index in [2.05, 4.69) is 16.4 Å². The van der Waals surface area contributed by atoms with Gasteiger partial charge in [0.25, 0.3) is 0 Å². The summed E-state index contributed by atoms with van der Waals surface area (Å²) in [6.07, 6.45) is 4.95. The number of anilines is 1. The van der Waals surface area contributed by atoms with E-state index in [9.17, 15) is 10.1 Å². The maximum absolute atomic E-state index is 12.4. The van der Waals surface area contributed by atoms with Crippen LogP contribution in [0.3, 0.4) is 0 Å². The molecular weight excluding hydrogens is 250 g/mol. The SMILES string of the molecule is N#CC1(C(=O)Nc2ccc3ncccc3c2)CCCC1. The number of amides is 1. The molecule has 1 aliphatic rings. The molecule has 4 heteroatoms. The van der Waals surface area contributed by atoms with E-state index in [0.29, 0.717) is 12.8 Å². The highest BCUT2D eigenvalue weighted by Crippen LogP contribution is 2.38. The lowest BCUT2D eigenvalue weighted by Crippen LogP contribution is -2.32. The predicted molar refractivity (Wildman–Crippen MR) is 76.9 cm³/mol. The molecule has 0 radical (unpaired) electrons. The molecule has 3 rings (SSSR count). The Labute approximate surface area is 117 Å². The van der Waals surface area contributed by atoms with Gasteiger partial charge in [-0.25, -0.2) is 0 Å². The van der Waals surface area contributed by atoms with E-state index >= 15 is 0 Å². The Morgan fingerprint density at radius 3 is 2.85 bits per heavy atom. The predicted octanol–water partition coefficient (Wildman–Crippen LogP) is 3.26. The van der Waals surface area contributed by atoms with Crippen LogP contribution < -0.4 is 5.32 Å². The second-order valence-corrected chi connectivity index (χ2v) is 5.27. The van der Waals surface area contributed by atoms with Crippen LogP contribution in [0.1, 0.15) is 25.7 Å². The lowest BCUT2D eigenvalue weighted by molar-refractivity contribution is -0.122. The van der Waals surface area contributed by atoms with Crippen molar-refractivity contribution in [3.05, 3.63) is 36.5 Å². The van der Waals surface area contributed by atoms with E-state index in [1.54, 1.807) is 6.20 Å². The molecule has 0 bridgehead atoms. The molecule has 0 saturated heterocycles. The number of aromatic nitrogens is 1. The molecule has 1 aliphatic carbocycles. The summed E-state index contributed by atoms with van der Waals surface area (Å²) in [6.45, 7) is 0. The summed E-state index contributed by atoms with van der Waals surface area (Å²) in [6, 6.07) is 11.6. The Bertz CT molecular complexity index is 696. The van der Waals surface area contributed by atoms with Crippen molar-refractivity contribution < 1.29 is 4.79 Å². The molecule has 1 aromatic heterocycles. The second kappa shape index (κ2) is 4.93. The van der Waals surface area contributed by atoms with Gasteiger partial charge in [0, 0.05) is 17.3 Å². The van der Waals surface area contributed by atoms with Crippen LogP contribution in [-0.2, 0) is 4.79 Å². The van der Waals surface area contributed by atoms with Gasteiger partial charge >= 0.3 is 0 Å². The molecule has 4 nitrogen and oxygen atoms in total. The van der Waals surface area contributed by atoms with Gasteiger partial charge in [-0.05, 0) is 37.1 Å². The Balaban J connectivity index is 1.86. The van der Waals surface area contributed by atoms with Crippen LogP contribution in [0.4, 0.5) is 5.69 Å². The minimum Gasteiger partial charge on any atom is -0.325 e. The monoisotopic (exact) mass is 265 g/mol. The first kappa shape index (κ1) is 12.6. The quantitative estimate of drug-likeness (QED) is 0.906. The van der Waals surface area contributed by atoms with E-state index in [-0.39, 0.29) is 5.91 Å². The van der Waals surface area contributed by atoms with Crippen molar-refractivity contribution in [2.45, 2.75) is 25.7 Å². The molecule has 1 fully saturated rings. The van der Waals surface area contributed by atoms with Gasteiger partial charge in [-0.3, -0.25) is 9.78 Å². The van der Waals surface area contributed by atoms with Crippen molar-refractivity contribution in [3.63, 3.8) is 0 Å². The number of benzene rings is 1. The Hall–Kier alpha value is -2.41. The topological polar surface area (TPSA) is 65.8 Å². The number of carbonyl (C=O) groups excluding carboxylic acids is 1. The standard InChI is InChI=1S/C16H15N3O/c17-11-16(7-1-2-8-16)15(20)19-13-5-6-14-12(10-13)4-3-9-18-14/h3-6,9-10H,1-2,7-8H2,(H,19,20). The highest BCUT2D eigenvalue weighted by atomic mass is 16.2. The Morgan fingerprint density at radius 2 is 2.10 bits per heavy atom. The van der Waals surface area contributed by atoms with E-state index in [0.717, 1.165) is 29.4 Å². The molecule has 0 aliphatic heterocycles. The number of pyridine rings is 1. The van der Waals surface area contributed by atoms with Gasteiger partial charge in [-0.2, -0.15) is 5.26 Å². The van der Waals surface area contributed by atoms with Gasteiger partial charge in [0.15, 0.2) is 0 Å². The number of nitrogens with zero attached hydrogens (tertiary/aromatic N) is 2.